The lowest BCUT2D eigenvalue weighted by Crippen LogP contribution is -2.29. The fraction of sp³-hybridized carbons (Fsp3) is 0.417. The lowest BCUT2D eigenvalue weighted by Gasteiger charge is -2.12. The minimum absolute atomic E-state index is 0.0514. The molecule has 19 heavy (non-hydrogen) atoms. The smallest absolute Gasteiger partial charge is 0.398 e. The molecule has 0 heterocycles. The zero-order valence-electron chi connectivity index (χ0n) is 10.5. The second-order valence-corrected chi connectivity index (χ2v) is 4.03. The maximum Gasteiger partial charge on any atom is 0.418 e. The van der Waals surface area contributed by atoms with Crippen molar-refractivity contribution in [2.75, 3.05) is 17.6 Å². The molecular formula is C12H16F3N3O. The number of halogens is 3. The van der Waals surface area contributed by atoms with Crippen molar-refractivity contribution in [1.82, 2.24) is 5.32 Å². The standard InChI is InChI=1S/C12H16F3N3O/c1-2-3-6-17-11(19)18-8-4-5-10(16)9(7-8)12(13,14)15/h4-5,7H,2-3,6,16H2,1H3,(H2,17,18,19). The molecule has 0 unspecified atom stereocenters. The summed E-state index contributed by atoms with van der Waals surface area (Å²) in [6.45, 7) is 2.44. The largest absolute Gasteiger partial charge is 0.418 e. The molecule has 0 spiro atoms. The summed E-state index contributed by atoms with van der Waals surface area (Å²) in [5.74, 6) is 0. The third-order valence-electron chi connectivity index (χ3n) is 2.43. The van der Waals surface area contributed by atoms with Crippen LogP contribution in [0.25, 0.3) is 0 Å². The van der Waals surface area contributed by atoms with E-state index in [0.29, 0.717) is 6.54 Å². The summed E-state index contributed by atoms with van der Waals surface area (Å²) in [4.78, 5) is 11.4. The number of rotatable bonds is 4. The first-order chi connectivity index (χ1) is 8.84. The highest BCUT2D eigenvalue weighted by Crippen LogP contribution is 2.35. The van der Waals surface area contributed by atoms with Crippen molar-refractivity contribution < 1.29 is 18.0 Å². The molecule has 0 bridgehead atoms. The Morgan fingerprint density at radius 2 is 2.05 bits per heavy atom. The lowest BCUT2D eigenvalue weighted by molar-refractivity contribution is -0.136. The number of nitrogens with one attached hydrogen (secondary N) is 2. The van der Waals surface area contributed by atoms with Crippen LogP contribution in [0.3, 0.4) is 0 Å². The van der Waals surface area contributed by atoms with Gasteiger partial charge in [-0.2, -0.15) is 13.2 Å². The minimum atomic E-state index is -4.54. The molecule has 4 N–H and O–H groups in total. The Morgan fingerprint density at radius 3 is 2.63 bits per heavy atom. The van der Waals surface area contributed by atoms with E-state index in [9.17, 15) is 18.0 Å². The SMILES string of the molecule is CCCCNC(=O)Nc1ccc(N)c(C(F)(F)F)c1. The fourth-order valence-electron chi connectivity index (χ4n) is 1.43. The van der Waals surface area contributed by atoms with Crippen molar-refractivity contribution in [3.63, 3.8) is 0 Å². The van der Waals surface area contributed by atoms with Gasteiger partial charge in [-0.15, -0.1) is 0 Å². The molecule has 1 aromatic rings. The first-order valence-corrected chi connectivity index (χ1v) is 5.86. The van der Waals surface area contributed by atoms with E-state index in [-0.39, 0.29) is 11.4 Å². The molecule has 7 heteroatoms. The second-order valence-electron chi connectivity index (χ2n) is 4.03. The Hall–Kier alpha value is -1.92. The molecule has 1 aromatic carbocycles. The number of hydrogen-bond acceptors (Lipinski definition) is 2. The summed E-state index contributed by atoms with van der Waals surface area (Å²) in [7, 11) is 0. The number of carbonyl (C=O) groups is 1. The number of alkyl halides is 3. The molecule has 0 aliphatic carbocycles. The van der Waals surface area contributed by atoms with Gasteiger partial charge in [-0.1, -0.05) is 13.3 Å². The van der Waals surface area contributed by atoms with Gasteiger partial charge in [-0.25, -0.2) is 4.79 Å². The van der Waals surface area contributed by atoms with Crippen LogP contribution in [0.2, 0.25) is 0 Å². The fourth-order valence-corrected chi connectivity index (χ4v) is 1.43. The van der Waals surface area contributed by atoms with Gasteiger partial charge in [0, 0.05) is 17.9 Å². The Balaban J connectivity index is 2.72. The van der Waals surface area contributed by atoms with Crippen molar-refractivity contribution in [3.05, 3.63) is 23.8 Å². The highest BCUT2D eigenvalue weighted by Gasteiger charge is 2.33. The average Bonchev–Trinajstić information content (AvgIpc) is 2.30. The van der Waals surface area contributed by atoms with E-state index < -0.39 is 17.8 Å². The maximum atomic E-state index is 12.6. The van der Waals surface area contributed by atoms with E-state index in [1.54, 1.807) is 0 Å². The molecule has 0 aliphatic rings. The van der Waals surface area contributed by atoms with Crippen molar-refractivity contribution in [3.8, 4) is 0 Å². The molecule has 0 fully saturated rings. The van der Waals surface area contributed by atoms with Gasteiger partial charge in [-0.3, -0.25) is 0 Å². The molecule has 0 atom stereocenters. The second kappa shape index (κ2) is 6.31. The van der Waals surface area contributed by atoms with Crippen LogP contribution in [-0.2, 0) is 6.18 Å². The number of urea groups is 1. The summed E-state index contributed by atoms with van der Waals surface area (Å²) in [6.07, 6.45) is -2.82. The molecule has 106 valence electrons. The summed E-state index contributed by atoms with van der Waals surface area (Å²) < 4.78 is 37.8. The van der Waals surface area contributed by atoms with E-state index in [1.807, 2.05) is 6.92 Å². The predicted molar refractivity (Wildman–Crippen MR) is 67.8 cm³/mol. The molecule has 0 radical (unpaired) electrons. The van der Waals surface area contributed by atoms with E-state index in [2.05, 4.69) is 10.6 Å². The molecule has 0 saturated heterocycles. The number of nitrogens with two attached hydrogens (primary N) is 1. The highest BCUT2D eigenvalue weighted by atomic mass is 19.4. The maximum absolute atomic E-state index is 12.6. The van der Waals surface area contributed by atoms with Crippen LogP contribution >= 0.6 is 0 Å². The van der Waals surface area contributed by atoms with Gasteiger partial charge in [0.15, 0.2) is 0 Å². The van der Waals surface area contributed by atoms with Crippen LogP contribution in [0, 0.1) is 0 Å². The Labute approximate surface area is 109 Å². The van der Waals surface area contributed by atoms with Crippen LogP contribution in [0.5, 0.6) is 0 Å². The number of carbonyl (C=O) groups excluding carboxylic acids is 1. The minimum Gasteiger partial charge on any atom is -0.398 e. The zero-order valence-corrected chi connectivity index (χ0v) is 10.5. The van der Waals surface area contributed by atoms with Crippen molar-refractivity contribution in [2.24, 2.45) is 0 Å². The van der Waals surface area contributed by atoms with E-state index in [4.69, 9.17) is 5.73 Å². The number of unbranched alkanes of at least 4 members (excludes halogenated alkanes) is 1. The summed E-state index contributed by atoms with van der Waals surface area (Å²) >= 11 is 0. The molecule has 0 aromatic heterocycles. The average molecular weight is 275 g/mol. The molecule has 4 nitrogen and oxygen atoms in total. The van der Waals surface area contributed by atoms with Gasteiger partial charge in [0.05, 0.1) is 5.56 Å². The lowest BCUT2D eigenvalue weighted by atomic mass is 10.1. The summed E-state index contributed by atoms with van der Waals surface area (Å²) in [5, 5.41) is 4.88. The van der Waals surface area contributed by atoms with Crippen LogP contribution in [0.1, 0.15) is 25.3 Å². The number of anilines is 2. The van der Waals surface area contributed by atoms with Crippen LogP contribution in [-0.4, -0.2) is 12.6 Å². The first kappa shape index (κ1) is 15.1. The quantitative estimate of drug-likeness (QED) is 0.583. The Bertz CT molecular complexity index is 446. The van der Waals surface area contributed by atoms with Crippen LogP contribution < -0.4 is 16.4 Å². The normalized spacial score (nSPS) is 11.2. The van der Waals surface area contributed by atoms with Crippen molar-refractivity contribution in [1.29, 1.82) is 0 Å². The Kier molecular flexibility index (Phi) is 5.02. The van der Waals surface area contributed by atoms with Crippen LogP contribution in [0.15, 0.2) is 18.2 Å². The molecule has 0 aliphatic heterocycles. The molecule has 2 amide bonds. The van der Waals surface area contributed by atoms with Crippen LogP contribution in [0.4, 0.5) is 29.3 Å². The van der Waals surface area contributed by atoms with E-state index in [1.165, 1.54) is 6.07 Å². The van der Waals surface area contributed by atoms with Gasteiger partial charge in [0.2, 0.25) is 0 Å². The number of amides is 2. The third kappa shape index (κ3) is 4.69. The molecule has 1 rings (SSSR count). The number of nitrogen functional groups attached to an aromatic ring is 1. The zero-order chi connectivity index (χ0) is 14.5. The third-order valence-corrected chi connectivity index (χ3v) is 2.43. The monoisotopic (exact) mass is 275 g/mol. The van der Waals surface area contributed by atoms with Gasteiger partial charge in [0.1, 0.15) is 0 Å². The van der Waals surface area contributed by atoms with Gasteiger partial charge in [-0.05, 0) is 24.6 Å². The highest BCUT2D eigenvalue weighted by molar-refractivity contribution is 5.89. The van der Waals surface area contributed by atoms with E-state index >= 15 is 0 Å². The summed E-state index contributed by atoms with van der Waals surface area (Å²) in [5.41, 5.74) is 3.98. The van der Waals surface area contributed by atoms with Gasteiger partial charge >= 0.3 is 12.2 Å². The van der Waals surface area contributed by atoms with Gasteiger partial charge < -0.3 is 16.4 Å². The topological polar surface area (TPSA) is 67.2 Å². The van der Waals surface area contributed by atoms with Crippen molar-refractivity contribution in [2.45, 2.75) is 25.9 Å². The predicted octanol–water partition coefficient (Wildman–Crippen LogP) is 3.21. The van der Waals surface area contributed by atoms with Gasteiger partial charge in [0.25, 0.3) is 0 Å². The molecule has 0 saturated carbocycles. The number of benzene rings is 1. The van der Waals surface area contributed by atoms with E-state index in [0.717, 1.165) is 25.0 Å². The molecular weight excluding hydrogens is 259 g/mol. The summed E-state index contributed by atoms with van der Waals surface area (Å²) in [6, 6.07) is 2.72. The Morgan fingerprint density at radius 1 is 1.37 bits per heavy atom. The first-order valence-electron chi connectivity index (χ1n) is 5.86. The van der Waals surface area contributed by atoms with Crippen molar-refractivity contribution >= 4 is 17.4 Å². The number of hydrogen-bond donors (Lipinski definition) is 3.